The standard InChI is InChI=1S/C14H20N2O5S/c1-8-5-10(6-13(9(8)2)22(15,19)20)14(18)16-11-3-4-21-7-12(11)17/h5-6,11-12,17H,3-4,7H2,1-2H3,(H,16,18)(H2,15,19,20)/t11-,12-/m1/s1. The van der Waals surface area contributed by atoms with Crippen LogP contribution in [0.1, 0.15) is 27.9 Å². The van der Waals surface area contributed by atoms with E-state index in [9.17, 15) is 18.3 Å². The van der Waals surface area contributed by atoms with Gasteiger partial charge in [0.05, 0.1) is 23.6 Å². The highest BCUT2D eigenvalue weighted by Gasteiger charge is 2.26. The number of aliphatic hydroxyl groups excluding tert-OH is 1. The van der Waals surface area contributed by atoms with E-state index in [1.165, 1.54) is 6.07 Å². The first-order valence-electron chi connectivity index (χ1n) is 6.91. The fourth-order valence-corrected chi connectivity index (χ4v) is 3.28. The Morgan fingerprint density at radius 2 is 2.09 bits per heavy atom. The van der Waals surface area contributed by atoms with E-state index in [1.807, 2.05) is 0 Å². The van der Waals surface area contributed by atoms with Gasteiger partial charge in [0.15, 0.2) is 0 Å². The average Bonchev–Trinajstić information content (AvgIpc) is 2.42. The Balaban J connectivity index is 2.28. The highest BCUT2D eigenvalue weighted by molar-refractivity contribution is 7.89. The summed E-state index contributed by atoms with van der Waals surface area (Å²) in [5.74, 6) is -0.445. The van der Waals surface area contributed by atoms with Crippen LogP contribution in [-0.4, -0.2) is 44.8 Å². The van der Waals surface area contributed by atoms with Crippen molar-refractivity contribution in [2.24, 2.45) is 5.14 Å². The van der Waals surface area contributed by atoms with Gasteiger partial charge in [-0.2, -0.15) is 0 Å². The Morgan fingerprint density at radius 3 is 2.68 bits per heavy atom. The molecule has 1 heterocycles. The SMILES string of the molecule is Cc1cc(C(=O)N[C@@H]2CCOC[C@H]2O)cc(S(N)(=O)=O)c1C. The zero-order valence-electron chi connectivity index (χ0n) is 12.5. The van der Waals surface area contributed by atoms with Crippen LogP contribution < -0.4 is 10.5 Å². The van der Waals surface area contributed by atoms with Crippen molar-refractivity contribution >= 4 is 15.9 Å². The van der Waals surface area contributed by atoms with E-state index in [4.69, 9.17) is 9.88 Å². The molecule has 7 nitrogen and oxygen atoms in total. The molecular formula is C14H20N2O5S. The summed E-state index contributed by atoms with van der Waals surface area (Å²) in [5, 5.41) is 17.7. The number of amides is 1. The van der Waals surface area contributed by atoms with Crippen LogP contribution in [0.3, 0.4) is 0 Å². The summed E-state index contributed by atoms with van der Waals surface area (Å²) in [7, 11) is -3.91. The molecule has 0 spiro atoms. The minimum atomic E-state index is -3.91. The molecule has 8 heteroatoms. The van der Waals surface area contributed by atoms with Gasteiger partial charge in [0, 0.05) is 12.2 Å². The monoisotopic (exact) mass is 328 g/mol. The first-order chi connectivity index (χ1) is 10.2. The Labute approximate surface area is 129 Å². The van der Waals surface area contributed by atoms with E-state index in [0.29, 0.717) is 24.2 Å². The Bertz CT molecular complexity index is 687. The van der Waals surface area contributed by atoms with Crippen LogP contribution in [0.4, 0.5) is 0 Å². The fraction of sp³-hybridized carbons (Fsp3) is 0.500. The summed E-state index contributed by atoms with van der Waals surface area (Å²) in [5.41, 5.74) is 1.38. The third-order valence-electron chi connectivity index (χ3n) is 3.83. The van der Waals surface area contributed by atoms with Crippen molar-refractivity contribution in [1.29, 1.82) is 0 Å². The molecule has 1 aromatic rings. The largest absolute Gasteiger partial charge is 0.389 e. The second kappa shape index (κ2) is 6.33. The third-order valence-corrected chi connectivity index (χ3v) is 4.87. The summed E-state index contributed by atoms with van der Waals surface area (Å²) < 4.78 is 28.3. The van der Waals surface area contributed by atoms with Crippen LogP contribution in [0.25, 0.3) is 0 Å². The maximum atomic E-state index is 12.3. The van der Waals surface area contributed by atoms with Crippen molar-refractivity contribution in [3.05, 3.63) is 28.8 Å². The first kappa shape index (κ1) is 16.9. The van der Waals surface area contributed by atoms with Crippen molar-refractivity contribution in [2.45, 2.75) is 37.3 Å². The van der Waals surface area contributed by atoms with Crippen LogP contribution >= 0.6 is 0 Å². The van der Waals surface area contributed by atoms with Gasteiger partial charge in [0.25, 0.3) is 5.91 Å². The molecule has 2 atom stereocenters. The number of sulfonamides is 1. The summed E-state index contributed by atoms with van der Waals surface area (Å²) in [6, 6.07) is 2.45. The summed E-state index contributed by atoms with van der Waals surface area (Å²) >= 11 is 0. The van der Waals surface area contributed by atoms with Gasteiger partial charge < -0.3 is 15.2 Å². The molecular weight excluding hydrogens is 308 g/mol. The second-order valence-electron chi connectivity index (χ2n) is 5.47. The topological polar surface area (TPSA) is 119 Å². The van der Waals surface area contributed by atoms with Gasteiger partial charge in [-0.25, -0.2) is 13.6 Å². The average molecular weight is 328 g/mol. The number of aryl methyl sites for hydroxylation is 1. The van der Waals surface area contributed by atoms with Crippen LogP contribution in [0, 0.1) is 13.8 Å². The molecule has 2 rings (SSSR count). The molecule has 1 amide bonds. The van der Waals surface area contributed by atoms with Gasteiger partial charge in [-0.3, -0.25) is 4.79 Å². The predicted octanol–water partition coefficient (Wildman–Crippen LogP) is -0.170. The molecule has 1 aromatic carbocycles. The molecule has 1 fully saturated rings. The number of nitrogens with two attached hydrogens (primary N) is 1. The van der Waals surface area contributed by atoms with Gasteiger partial charge in [0.1, 0.15) is 0 Å². The lowest BCUT2D eigenvalue weighted by Gasteiger charge is -2.28. The normalized spacial score (nSPS) is 22.4. The lowest BCUT2D eigenvalue weighted by molar-refractivity contribution is -0.0260. The van der Waals surface area contributed by atoms with E-state index in [-0.39, 0.29) is 17.1 Å². The van der Waals surface area contributed by atoms with Crippen molar-refractivity contribution in [3.8, 4) is 0 Å². The third kappa shape index (κ3) is 3.64. The van der Waals surface area contributed by atoms with Gasteiger partial charge in [-0.1, -0.05) is 0 Å². The number of hydrogen-bond acceptors (Lipinski definition) is 5. The molecule has 0 radical (unpaired) electrons. The quantitative estimate of drug-likeness (QED) is 0.712. The number of ether oxygens (including phenoxy) is 1. The van der Waals surface area contributed by atoms with E-state index in [0.717, 1.165) is 0 Å². The van der Waals surface area contributed by atoms with Gasteiger partial charge >= 0.3 is 0 Å². The van der Waals surface area contributed by atoms with Gasteiger partial charge in [-0.05, 0) is 43.5 Å². The van der Waals surface area contributed by atoms with E-state index in [1.54, 1.807) is 19.9 Å². The molecule has 1 aliphatic rings. The smallest absolute Gasteiger partial charge is 0.251 e. The molecule has 22 heavy (non-hydrogen) atoms. The molecule has 1 aliphatic heterocycles. The Morgan fingerprint density at radius 1 is 1.41 bits per heavy atom. The molecule has 0 aliphatic carbocycles. The van der Waals surface area contributed by atoms with Crippen molar-refractivity contribution in [1.82, 2.24) is 5.32 Å². The molecule has 4 N–H and O–H groups in total. The van der Waals surface area contributed by atoms with Crippen LogP contribution in [0.2, 0.25) is 0 Å². The van der Waals surface area contributed by atoms with Crippen molar-refractivity contribution in [2.75, 3.05) is 13.2 Å². The summed E-state index contributed by atoms with van der Waals surface area (Å²) in [4.78, 5) is 12.2. The number of aliphatic hydroxyl groups is 1. The number of carbonyl (C=O) groups excluding carboxylic acids is 1. The first-order valence-corrected chi connectivity index (χ1v) is 8.45. The highest BCUT2D eigenvalue weighted by Crippen LogP contribution is 2.20. The predicted molar refractivity (Wildman–Crippen MR) is 80.0 cm³/mol. The van der Waals surface area contributed by atoms with E-state index in [2.05, 4.69) is 5.32 Å². The number of nitrogens with one attached hydrogen (secondary N) is 1. The molecule has 1 saturated heterocycles. The lowest BCUT2D eigenvalue weighted by atomic mass is 10.0. The van der Waals surface area contributed by atoms with Gasteiger partial charge in [-0.15, -0.1) is 0 Å². The van der Waals surface area contributed by atoms with Gasteiger partial charge in [0.2, 0.25) is 10.0 Å². The maximum absolute atomic E-state index is 12.3. The number of benzene rings is 1. The van der Waals surface area contributed by atoms with Crippen LogP contribution in [-0.2, 0) is 14.8 Å². The Hall–Kier alpha value is -1.48. The van der Waals surface area contributed by atoms with Crippen LogP contribution in [0.15, 0.2) is 17.0 Å². The number of rotatable bonds is 3. The maximum Gasteiger partial charge on any atom is 0.251 e. The summed E-state index contributed by atoms with van der Waals surface area (Å²) in [6.45, 7) is 3.97. The second-order valence-corrected chi connectivity index (χ2v) is 7.00. The minimum Gasteiger partial charge on any atom is -0.389 e. The number of primary sulfonamides is 1. The molecule has 0 saturated carbocycles. The zero-order valence-corrected chi connectivity index (χ0v) is 13.3. The summed E-state index contributed by atoms with van der Waals surface area (Å²) in [6.07, 6.45) is -0.276. The lowest BCUT2D eigenvalue weighted by Crippen LogP contribution is -2.48. The number of hydrogen-bond donors (Lipinski definition) is 3. The van der Waals surface area contributed by atoms with E-state index < -0.39 is 28.1 Å². The Kier molecular flexibility index (Phi) is 4.86. The minimum absolute atomic E-state index is 0.0647. The fourth-order valence-electron chi connectivity index (χ4n) is 2.40. The molecule has 0 aromatic heterocycles. The molecule has 0 bridgehead atoms. The highest BCUT2D eigenvalue weighted by atomic mass is 32.2. The zero-order chi connectivity index (χ0) is 16.5. The van der Waals surface area contributed by atoms with E-state index >= 15 is 0 Å². The van der Waals surface area contributed by atoms with Crippen molar-refractivity contribution in [3.63, 3.8) is 0 Å². The number of carbonyl (C=O) groups is 1. The van der Waals surface area contributed by atoms with Crippen LogP contribution in [0.5, 0.6) is 0 Å². The molecule has 0 unspecified atom stereocenters. The molecule has 122 valence electrons. The van der Waals surface area contributed by atoms with Crippen molar-refractivity contribution < 1.29 is 23.1 Å².